The Morgan fingerprint density at radius 2 is 1.89 bits per heavy atom. The number of aryl methyl sites for hydroxylation is 1. The first kappa shape index (κ1) is 11.2. The number of benzene rings is 1. The van der Waals surface area contributed by atoms with Crippen LogP contribution in [0.4, 0.5) is 5.95 Å². The van der Waals surface area contributed by atoms with Crippen LogP contribution in [0.1, 0.15) is 5.56 Å². The zero-order chi connectivity index (χ0) is 12.4. The number of aromatic amines is 1. The van der Waals surface area contributed by atoms with Gasteiger partial charge in [0.05, 0.1) is 13.2 Å². The van der Waals surface area contributed by atoms with Gasteiger partial charge in [-0.2, -0.15) is 4.98 Å². The standard InChI is InChI=1S/C13H16N4O/c1-10-2-4-11(5-3-10)12-14-13(16-15-12)17-6-8-18-9-7-17/h2-5H,6-9H2,1H3,(H,14,15,16). The molecule has 3 rings (SSSR count). The van der Waals surface area contributed by atoms with Crippen LogP contribution in [0, 0.1) is 6.92 Å². The van der Waals surface area contributed by atoms with E-state index in [1.165, 1.54) is 5.56 Å². The van der Waals surface area contributed by atoms with E-state index in [2.05, 4.69) is 51.3 Å². The molecule has 1 aromatic heterocycles. The van der Waals surface area contributed by atoms with E-state index in [0.717, 1.165) is 43.6 Å². The second kappa shape index (κ2) is 4.78. The second-order valence-corrected chi connectivity index (χ2v) is 4.45. The smallest absolute Gasteiger partial charge is 0.245 e. The molecular formula is C13H16N4O. The van der Waals surface area contributed by atoms with Crippen LogP contribution in [0.15, 0.2) is 24.3 Å². The van der Waals surface area contributed by atoms with E-state index in [0.29, 0.717) is 0 Å². The van der Waals surface area contributed by atoms with Gasteiger partial charge in [-0.25, -0.2) is 0 Å². The Kier molecular flexibility index (Phi) is 2.98. The van der Waals surface area contributed by atoms with Crippen molar-refractivity contribution in [3.05, 3.63) is 29.8 Å². The van der Waals surface area contributed by atoms with Crippen molar-refractivity contribution in [2.45, 2.75) is 6.92 Å². The maximum atomic E-state index is 5.32. The molecule has 0 radical (unpaired) electrons. The van der Waals surface area contributed by atoms with Crippen LogP contribution in [-0.2, 0) is 4.74 Å². The molecule has 0 spiro atoms. The fraction of sp³-hybridized carbons (Fsp3) is 0.385. The molecule has 1 N–H and O–H groups in total. The van der Waals surface area contributed by atoms with Gasteiger partial charge in [-0.3, -0.25) is 5.10 Å². The maximum absolute atomic E-state index is 5.32. The number of hydrogen-bond acceptors (Lipinski definition) is 4. The van der Waals surface area contributed by atoms with Crippen LogP contribution in [0.2, 0.25) is 0 Å². The van der Waals surface area contributed by atoms with Crippen molar-refractivity contribution >= 4 is 5.95 Å². The average Bonchev–Trinajstić information content (AvgIpc) is 2.90. The molecule has 1 aromatic carbocycles. The number of nitrogens with zero attached hydrogens (tertiary/aromatic N) is 3. The predicted octanol–water partition coefficient (Wildman–Crippen LogP) is 1.62. The molecule has 1 aliphatic heterocycles. The highest BCUT2D eigenvalue weighted by Crippen LogP contribution is 2.18. The molecule has 2 aromatic rings. The summed E-state index contributed by atoms with van der Waals surface area (Å²) >= 11 is 0. The normalized spacial score (nSPS) is 15.9. The third-order valence-electron chi connectivity index (χ3n) is 3.09. The predicted molar refractivity (Wildman–Crippen MR) is 69.6 cm³/mol. The largest absolute Gasteiger partial charge is 0.378 e. The lowest BCUT2D eigenvalue weighted by Gasteiger charge is -2.25. The lowest BCUT2D eigenvalue weighted by molar-refractivity contribution is 0.122. The Balaban J connectivity index is 1.82. The first-order chi connectivity index (χ1) is 8.83. The van der Waals surface area contributed by atoms with Crippen LogP contribution in [-0.4, -0.2) is 41.5 Å². The maximum Gasteiger partial charge on any atom is 0.245 e. The SMILES string of the molecule is Cc1ccc(-c2nc(N3CCOCC3)n[nH]2)cc1. The molecular weight excluding hydrogens is 228 g/mol. The molecule has 0 saturated carbocycles. The third kappa shape index (κ3) is 2.22. The number of hydrogen-bond donors (Lipinski definition) is 1. The molecule has 0 aliphatic carbocycles. The second-order valence-electron chi connectivity index (χ2n) is 4.45. The molecule has 1 fully saturated rings. The number of morpholine rings is 1. The number of ether oxygens (including phenoxy) is 1. The molecule has 0 atom stereocenters. The summed E-state index contributed by atoms with van der Waals surface area (Å²) in [4.78, 5) is 6.67. The fourth-order valence-corrected chi connectivity index (χ4v) is 2.00. The van der Waals surface area contributed by atoms with Crippen molar-refractivity contribution in [2.75, 3.05) is 31.2 Å². The minimum atomic E-state index is 0.744. The zero-order valence-corrected chi connectivity index (χ0v) is 10.4. The van der Waals surface area contributed by atoms with Gasteiger partial charge in [0.15, 0.2) is 5.82 Å². The molecule has 5 nitrogen and oxygen atoms in total. The first-order valence-electron chi connectivity index (χ1n) is 6.15. The van der Waals surface area contributed by atoms with E-state index in [1.54, 1.807) is 0 Å². The van der Waals surface area contributed by atoms with Gasteiger partial charge >= 0.3 is 0 Å². The molecule has 5 heteroatoms. The highest BCUT2D eigenvalue weighted by molar-refractivity contribution is 5.56. The van der Waals surface area contributed by atoms with E-state index < -0.39 is 0 Å². The van der Waals surface area contributed by atoms with Gasteiger partial charge in [0.2, 0.25) is 5.95 Å². The lowest BCUT2D eigenvalue weighted by Crippen LogP contribution is -2.36. The van der Waals surface area contributed by atoms with Crippen LogP contribution in [0.25, 0.3) is 11.4 Å². The van der Waals surface area contributed by atoms with Crippen molar-refractivity contribution < 1.29 is 4.74 Å². The van der Waals surface area contributed by atoms with Crippen molar-refractivity contribution in [2.24, 2.45) is 0 Å². The Labute approximate surface area is 106 Å². The number of rotatable bonds is 2. The van der Waals surface area contributed by atoms with Crippen molar-refractivity contribution in [1.29, 1.82) is 0 Å². The van der Waals surface area contributed by atoms with E-state index in [1.807, 2.05) is 0 Å². The van der Waals surface area contributed by atoms with Crippen LogP contribution >= 0.6 is 0 Å². The summed E-state index contributed by atoms with van der Waals surface area (Å²) in [5.41, 5.74) is 2.30. The van der Waals surface area contributed by atoms with Gasteiger partial charge in [0, 0.05) is 18.7 Å². The summed E-state index contributed by atoms with van der Waals surface area (Å²) in [7, 11) is 0. The Hall–Kier alpha value is -1.88. The zero-order valence-electron chi connectivity index (χ0n) is 10.4. The third-order valence-corrected chi connectivity index (χ3v) is 3.09. The Morgan fingerprint density at radius 3 is 2.61 bits per heavy atom. The molecule has 0 unspecified atom stereocenters. The number of anilines is 1. The highest BCUT2D eigenvalue weighted by atomic mass is 16.5. The fourth-order valence-electron chi connectivity index (χ4n) is 2.00. The van der Waals surface area contributed by atoms with Crippen LogP contribution < -0.4 is 4.90 Å². The minimum absolute atomic E-state index is 0.744. The number of aromatic nitrogens is 3. The quantitative estimate of drug-likeness (QED) is 0.872. The average molecular weight is 244 g/mol. The highest BCUT2D eigenvalue weighted by Gasteiger charge is 2.15. The molecule has 1 saturated heterocycles. The molecule has 0 bridgehead atoms. The minimum Gasteiger partial charge on any atom is -0.378 e. The van der Waals surface area contributed by atoms with Gasteiger partial charge in [0.25, 0.3) is 0 Å². The van der Waals surface area contributed by atoms with E-state index in [4.69, 9.17) is 4.74 Å². The molecule has 18 heavy (non-hydrogen) atoms. The number of nitrogens with one attached hydrogen (secondary N) is 1. The molecule has 2 heterocycles. The van der Waals surface area contributed by atoms with Gasteiger partial charge in [-0.15, -0.1) is 5.10 Å². The van der Waals surface area contributed by atoms with Crippen molar-refractivity contribution in [1.82, 2.24) is 15.2 Å². The van der Waals surface area contributed by atoms with Gasteiger partial charge < -0.3 is 9.64 Å². The molecule has 0 amide bonds. The first-order valence-corrected chi connectivity index (χ1v) is 6.15. The summed E-state index contributed by atoms with van der Waals surface area (Å²) in [6.45, 7) is 5.27. The van der Waals surface area contributed by atoms with Crippen LogP contribution in [0.3, 0.4) is 0 Å². The monoisotopic (exact) mass is 244 g/mol. The van der Waals surface area contributed by atoms with Gasteiger partial charge in [-0.1, -0.05) is 29.8 Å². The van der Waals surface area contributed by atoms with E-state index >= 15 is 0 Å². The van der Waals surface area contributed by atoms with Crippen LogP contribution in [0.5, 0.6) is 0 Å². The van der Waals surface area contributed by atoms with E-state index in [9.17, 15) is 0 Å². The van der Waals surface area contributed by atoms with Crippen molar-refractivity contribution in [3.63, 3.8) is 0 Å². The summed E-state index contributed by atoms with van der Waals surface area (Å²) in [6.07, 6.45) is 0. The molecule has 1 aliphatic rings. The summed E-state index contributed by atoms with van der Waals surface area (Å²) in [5.74, 6) is 1.57. The summed E-state index contributed by atoms with van der Waals surface area (Å²) in [5, 5.41) is 7.27. The lowest BCUT2D eigenvalue weighted by atomic mass is 10.1. The van der Waals surface area contributed by atoms with Crippen molar-refractivity contribution in [3.8, 4) is 11.4 Å². The summed E-state index contributed by atoms with van der Waals surface area (Å²) < 4.78 is 5.32. The Bertz CT molecular complexity index is 514. The van der Waals surface area contributed by atoms with Gasteiger partial charge in [-0.05, 0) is 6.92 Å². The molecule has 94 valence electrons. The van der Waals surface area contributed by atoms with Gasteiger partial charge in [0.1, 0.15) is 0 Å². The summed E-state index contributed by atoms with van der Waals surface area (Å²) in [6, 6.07) is 8.26. The number of H-pyrrole nitrogens is 1. The topological polar surface area (TPSA) is 54.0 Å². The van der Waals surface area contributed by atoms with E-state index in [-0.39, 0.29) is 0 Å². The Morgan fingerprint density at radius 1 is 1.17 bits per heavy atom.